The molecule has 37 heavy (non-hydrogen) atoms. The summed E-state index contributed by atoms with van der Waals surface area (Å²) in [5, 5.41) is 3.04. The Balaban J connectivity index is 1.43. The van der Waals surface area contributed by atoms with Gasteiger partial charge in [0.2, 0.25) is 11.8 Å². The molecule has 6 rings (SSSR count). The lowest BCUT2D eigenvalue weighted by molar-refractivity contribution is -0.137. The van der Waals surface area contributed by atoms with Crippen LogP contribution in [0.25, 0.3) is 0 Å². The minimum atomic E-state index is -4.56. The Labute approximate surface area is 214 Å². The first-order chi connectivity index (χ1) is 17.6. The van der Waals surface area contributed by atoms with Crippen LogP contribution < -0.4 is 15.1 Å². The predicted octanol–water partition coefficient (Wildman–Crippen LogP) is 4.18. The Hall–Kier alpha value is -4.05. The van der Waals surface area contributed by atoms with Crippen molar-refractivity contribution in [3.05, 3.63) is 95.6 Å². The van der Waals surface area contributed by atoms with E-state index in [0.717, 1.165) is 34.7 Å². The zero-order chi connectivity index (χ0) is 26.1. The summed E-state index contributed by atoms with van der Waals surface area (Å²) in [6, 6.07) is 20.2. The fraction of sp³-hybridized carbons (Fsp3) is 0.185. The van der Waals surface area contributed by atoms with Gasteiger partial charge in [0.1, 0.15) is 5.92 Å². The van der Waals surface area contributed by atoms with E-state index < -0.39 is 46.8 Å². The summed E-state index contributed by atoms with van der Waals surface area (Å²) in [7, 11) is 0. The van der Waals surface area contributed by atoms with Crippen molar-refractivity contribution >= 4 is 46.3 Å². The third kappa shape index (κ3) is 3.25. The van der Waals surface area contributed by atoms with Gasteiger partial charge in [-0.05, 0) is 35.9 Å². The number of nitrogens with one attached hydrogen (secondary N) is 1. The highest BCUT2D eigenvalue weighted by Crippen LogP contribution is 2.54. The molecule has 6 nitrogen and oxygen atoms in total. The van der Waals surface area contributed by atoms with Crippen LogP contribution in [-0.2, 0) is 32.6 Å². The number of imide groups is 1. The first kappa shape index (κ1) is 23.4. The summed E-state index contributed by atoms with van der Waals surface area (Å²) in [5.74, 6) is -4.06. The average molecular weight is 522 g/mol. The third-order valence-electron chi connectivity index (χ3n) is 7.21. The van der Waals surface area contributed by atoms with E-state index in [1.54, 1.807) is 29.2 Å². The van der Waals surface area contributed by atoms with Crippen molar-refractivity contribution in [2.24, 2.45) is 11.8 Å². The van der Waals surface area contributed by atoms with Gasteiger partial charge in [-0.3, -0.25) is 14.4 Å². The van der Waals surface area contributed by atoms with Crippen LogP contribution in [0.4, 0.5) is 24.5 Å². The van der Waals surface area contributed by atoms with Gasteiger partial charge in [0.05, 0.1) is 34.4 Å². The van der Waals surface area contributed by atoms with Crippen LogP contribution in [-0.4, -0.2) is 22.7 Å². The molecule has 3 aromatic rings. The van der Waals surface area contributed by atoms with E-state index in [4.69, 9.17) is 12.2 Å². The van der Waals surface area contributed by atoms with E-state index >= 15 is 0 Å². The molecule has 10 heteroatoms. The van der Waals surface area contributed by atoms with Crippen LogP contribution in [0, 0.1) is 11.8 Å². The van der Waals surface area contributed by atoms with Gasteiger partial charge < -0.3 is 10.2 Å². The smallest absolute Gasteiger partial charge is 0.361 e. The van der Waals surface area contributed by atoms with Gasteiger partial charge in [-0.1, -0.05) is 60.7 Å². The monoisotopic (exact) mass is 521 g/mol. The summed E-state index contributed by atoms with van der Waals surface area (Å²) in [6.07, 6.45) is -4.56. The average Bonchev–Trinajstić information content (AvgIpc) is 3.43. The maximum atomic E-state index is 14.1. The van der Waals surface area contributed by atoms with Crippen LogP contribution in [0.15, 0.2) is 78.9 Å². The Morgan fingerprint density at radius 2 is 1.51 bits per heavy atom. The van der Waals surface area contributed by atoms with E-state index in [1.807, 2.05) is 30.3 Å². The van der Waals surface area contributed by atoms with Crippen LogP contribution in [0.1, 0.15) is 16.7 Å². The summed E-state index contributed by atoms with van der Waals surface area (Å²) >= 11 is 5.49. The van der Waals surface area contributed by atoms with Gasteiger partial charge in [0.25, 0.3) is 5.91 Å². The molecule has 0 aliphatic carbocycles. The standard InChI is InChI=1S/C27H18F3N3O3S/c28-27(29,30)16-10-12-17(13-11-16)33-23(34)20-21(24(33)35)26(31-22(20)37)18-8-4-5-9-19(18)32(25(26)36)14-15-6-2-1-3-7-15/h1-13,20-21H,14H2,(H,31,37)/t20-,21-,26+/m0/s1. The summed E-state index contributed by atoms with van der Waals surface area (Å²) in [5.41, 5.74) is -0.502. The summed E-state index contributed by atoms with van der Waals surface area (Å²) in [6.45, 7) is 0.245. The van der Waals surface area contributed by atoms with E-state index in [2.05, 4.69) is 5.32 Å². The van der Waals surface area contributed by atoms with E-state index in [1.165, 1.54) is 0 Å². The number of para-hydroxylation sites is 1. The number of halogens is 3. The number of anilines is 2. The molecule has 0 radical (unpaired) electrons. The van der Waals surface area contributed by atoms with Gasteiger partial charge in [0.15, 0.2) is 5.54 Å². The fourth-order valence-corrected chi connectivity index (χ4v) is 6.00. The highest BCUT2D eigenvalue weighted by Gasteiger charge is 2.71. The number of fused-ring (bicyclic) bond motifs is 4. The maximum Gasteiger partial charge on any atom is 0.416 e. The van der Waals surface area contributed by atoms with Crippen molar-refractivity contribution in [2.75, 3.05) is 9.80 Å². The van der Waals surface area contributed by atoms with Crippen LogP contribution >= 0.6 is 12.2 Å². The second kappa shape index (κ2) is 7.97. The highest BCUT2D eigenvalue weighted by molar-refractivity contribution is 7.80. The lowest BCUT2D eigenvalue weighted by Gasteiger charge is -2.29. The van der Waals surface area contributed by atoms with Crippen LogP contribution in [0.3, 0.4) is 0 Å². The zero-order valence-electron chi connectivity index (χ0n) is 19.0. The number of hydrogen-bond acceptors (Lipinski definition) is 4. The van der Waals surface area contributed by atoms with Crippen molar-refractivity contribution in [1.29, 1.82) is 0 Å². The summed E-state index contributed by atoms with van der Waals surface area (Å²) < 4.78 is 39.2. The second-order valence-electron chi connectivity index (χ2n) is 9.20. The topological polar surface area (TPSA) is 69.7 Å². The highest BCUT2D eigenvalue weighted by atomic mass is 32.1. The number of hydrogen-bond donors (Lipinski definition) is 1. The molecule has 0 aromatic heterocycles. The minimum Gasteiger partial charge on any atom is -0.361 e. The molecule has 0 bridgehead atoms. The quantitative estimate of drug-likeness (QED) is 0.414. The molecule has 3 aliphatic heterocycles. The Bertz CT molecular complexity index is 1480. The molecular formula is C27H18F3N3O3S. The molecule has 3 amide bonds. The zero-order valence-corrected chi connectivity index (χ0v) is 19.8. The van der Waals surface area contributed by atoms with E-state index in [0.29, 0.717) is 11.3 Å². The normalized spacial score (nSPS) is 24.6. The molecule has 3 aromatic carbocycles. The Morgan fingerprint density at radius 3 is 2.19 bits per heavy atom. The Kier molecular flexibility index (Phi) is 5.03. The molecule has 186 valence electrons. The molecular weight excluding hydrogens is 503 g/mol. The van der Waals surface area contributed by atoms with Crippen molar-refractivity contribution in [2.45, 2.75) is 18.3 Å². The molecule has 3 atom stereocenters. The number of rotatable bonds is 3. The molecule has 0 unspecified atom stereocenters. The van der Waals surface area contributed by atoms with Gasteiger partial charge in [0, 0.05) is 5.56 Å². The largest absolute Gasteiger partial charge is 0.416 e. The number of nitrogens with zero attached hydrogens (tertiary/aromatic N) is 2. The lowest BCUT2D eigenvalue weighted by Crippen LogP contribution is -2.54. The number of benzene rings is 3. The number of amides is 3. The van der Waals surface area contributed by atoms with Crippen LogP contribution in [0.2, 0.25) is 0 Å². The molecule has 1 N–H and O–H groups in total. The number of carbonyl (C=O) groups excluding carboxylic acids is 3. The summed E-state index contributed by atoms with van der Waals surface area (Å²) in [4.78, 5) is 43.9. The first-order valence-electron chi connectivity index (χ1n) is 11.5. The Morgan fingerprint density at radius 1 is 0.865 bits per heavy atom. The number of thiocarbonyl (C=S) groups is 1. The molecule has 2 saturated heterocycles. The predicted molar refractivity (Wildman–Crippen MR) is 132 cm³/mol. The van der Waals surface area contributed by atoms with Gasteiger partial charge >= 0.3 is 6.18 Å². The number of carbonyl (C=O) groups is 3. The first-order valence-corrected chi connectivity index (χ1v) is 11.9. The SMILES string of the molecule is O=C1[C@@H]2C(=S)N[C@@]3(C(=O)N(Cc4ccccc4)c4ccccc43)[C@@H]2C(=O)N1c1ccc(C(F)(F)F)cc1. The van der Waals surface area contributed by atoms with E-state index in [-0.39, 0.29) is 17.2 Å². The van der Waals surface area contributed by atoms with Gasteiger partial charge in [-0.2, -0.15) is 13.2 Å². The fourth-order valence-electron chi connectivity index (χ4n) is 5.60. The molecule has 3 heterocycles. The molecule has 2 fully saturated rings. The maximum absolute atomic E-state index is 14.1. The second-order valence-corrected chi connectivity index (χ2v) is 9.64. The van der Waals surface area contributed by atoms with E-state index in [9.17, 15) is 27.6 Å². The lowest BCUT2D eigenvalue weighted by atomic mass is 9.77. The van der Waals surface area contributed by atoms with Gasteiger partial charge in [-0.25, -0.2) is 4.90 Å². The van der Waals surface area contributed by atoms with Crippen molar-refractivity contribution in [3.8, 4) is 0 Å². The number of alkyl halides is 3. The van der Waals surface area contributed by atoms with Gasteiger partial charge in [-0.15, -0.1) is 0 Å². The molecule has 0 saturated carbocycles. The van der Waals surface area contributed by atoms with Crippen molar-refractivity contribution < 1.29 is 27.6 Å². The van der Waals surface area contributed by atoms with Crippen LogP contribution in [0.5, 0.6) is 0 Å². The van der Waals surface area contributed by atoms with Crippen molar-refractivity contribution in [1.82, 2.24) is 5.32 Å². The van der Waals surface area contributed by atoms with Crippen molar-refractivity contribution in [3.63, 3.8) is 0 Å². The molecule has 3 aliphatic rings. The molecule has 1 spiro atoms. The minimum absolute atomic E-state index is 0.00442. The third-order valence-corrected chi connectivity index (χ3v) is 7.57.